The Morgan fingerprint density at radius 2 is 1.93 bits per heavy atom. The molecule has 1 aromatic heterocycles. The predicted molar refractivity (Wildman–Crippen MR) is 60.8 cm³/mol. The number of benzene rings is 1. The Morgan fingerprint density at radius 3 is 2.47 bits per heavy atom. The smallest absolute Gasteiger partial charge is 0.232 e. The normalized spacial score (nSPS) is 17.6. The Labute approximate surface area is 92.1 Å². The summed E-state index contributed by atoms with van der Waals surface area (Å²) in [6.07, 6.45) is 2.32. The van der Waals surface area contributed by atoms with Gasteiger partial charge >= 0.3 is 0 Å². The maximum atomic E-state index is 5.57. The summed E-state index contributed by atoms with van der Waals surface area (Å²) in [4.78, 5) is 4.31. The van der Waals surface area contributed by atoms with Crippen molar-refractivity contribution >= 4 is 17.5 Å². The van der Waals surface area contributed by atoms with Gasteiger partial charge < -0.3 is 5.73 Å². The van der Waals surface area contributed by atoms with Crippen LogP contribution >= 0.6 is 11.5 Å². The van der Waals surface area contributed by atoms with Crippen molar-refractivity contribution in [1.82, 2.24) is 9.36 Å². The molecule has 0 atom stereocenters. The van der Waals surface area contributed by atoms with Crippen molar-refractivity contribution in [2.75, 3.05) is 5.73 Å². The molecule has 1 aromatic carbocycles. The van der Waals surface area contributed by atoms with Crippen LogP contribution in [0, 0.1) is 0 Å². The molecule has 1 saturated carbocycles. The van der Waals surface area contributed by atoms with Crippen LogP contribution in [0.2, 0.25) is 0 Å². The fourth-order valence-corrected chi connectivity index (χ4v) is 2.79. The molecular formula is C11H11N3S. The third kappa shape index (κ3) is 1.33. The molecule has 2 aromatic rings. The highest BCUT2D eigenvalue weighted by Gasteiger charge is 2.48. The molecule has 76 valence electrons. The van der Waals surface area contributed by atoms with Crippen LogP contribution < -0.4 is 5.73 Å². The molecule has 0 amide bonds. The van der Waals surface area contributed by atoms with Gasteiger partial charge in [0.1, 0.15) is 5.01 Å². The molecule has 2 N–H and O–H groups in total. The first-order valence-electron chi connectivity index (χ1n) is 4.96. The lowest BCUT2D eigenvalue weighted by atomic mass is 9.97. The van der Waals surface area contributed by atoms with Gasteiger partial charge in [-0.2, -0.15) is 4.37 Å². The molecule has 1 fully saturated rings. The third-order valence-electron chi connectivity index (χ3n) is 2.93. The number of nitrogens with zero attached hydrogens (tertiary/aromatic N) is 2. The van der Waals surface area contributed by atoms with Gasteiger partial charge in [-0.25, -0.2) is 4.98 Å². The van der Waals surface area contributed by atoms with Gasteiger partial charge in [-0.05, 0) is 29.9 Å². The van der Waals surface area contributed by atoms with Crippen molar-refractivity contribution in [3.8, 4) is 0 Å². The minimum absolute atomic E-state index is 0.122. The highest BCUT2D eigenvalue weighted by atomic mass is 32.1. The minimum atomic E-state index is 0.122. The minimum Gasteiger partial charge on any atom is -0.367 e. The molecule has 1 heterocycles. The van der Waals surface area contributed by atoms with Crippen LogP contribution in [-0.2, 0) is 5.41 Å². The average Bonchev–Trinajstić information content (AvgIpc) is 2.98. The van der Waals surface area contributed by atoms with Crippen LogP contribution in [0.15, 0.2) is 30.3 Å². The van der Waals surface area contributed by atoms with Crippen LogP contribution in [0.25, 0.3) is 0 Å². The SMILES string of the molecule is Nc1nsc(C2(c3ccccc3)CC2)n1. The van der Waals surface area contributed by atoms with Gasteiger partial charge in [0.2, 0.25) is 5.95 Å². The lowest BCUT2D eigenvalue weighted by molar-refractivity contribution is 0.834. The Morgan fingerprint density at radius 1 is 1.20 bits per heavy atom. The number of hydrogen-bond acceptors (Lipinski definition) is 4. The molecule has 0 saturated heterocycles. The third-order valence-corrected chi connectivity index (χ3v) is 3.86. The van der Waals surface area contributed by atoms with Gasteiger partial charge in [0.05, 0.1) is 0 Å². The van der Waals surface area contributed by atoms with Crippen LogP contribution in [0.5, 0.6) is 0 Å². The Balaban J connectivity index is 2.05. The first kappa shape index (κ1) is 8.85. The summed E-state index contributed by atoms with van der Waals surface area (Å²) in [7, 11) is 0. The highest BCUT2D eigenvalue weighted by Crippen LogP contribution is 2.53. The quantitative estimate of drug-likeness (QED) is 0.839. The molecule has 0 unspecified atom stereocenters. The van der Waals surface area contributed by atoms with Gasteiger partial charge in [-0.3, -0.25) is 0 Å². The molecule has 0 spiro atoms. The Kier molecular flexibility index (Phi) is 1.79. The molecule has 1 aliphatic carbocycles. The lowest BCUT2D eigenvalue weighted by Crippen LogP contribution is -2.07. The van der Waals surface area contributed by atoms with Crippen LogP contribution in [0.4, 0.5) is 5.95 Å². The maximum Gasteiger partial charge on any atom is 0.232 e. The molecule has 3 nitrogen and oxygen atoms in total. The molecule has 1 aliphatic rings. The summed E-state index contributed by atoms with van der Waals surface area (Å²) in [5.74, 6) is 0.400. The van der Waals surface area contributed by atoms with E-state index in [1.54, 1.807) is 0 Å². The zero-order chi connectivity index (χ0) is 10.3. The van der Waals surface area contributed by atoms with Crippen LogP contribution in [-0.4, -0.2) is 9.36 Å². The van der Waals surface area contributed by atoms with E-state index < -0.39 is 0 Å². The first-order valence-corrected chi connectivity index (χ1v) is 5.74. The van der Waals surface area contributed by atoms with Crippen molar-refractivity contribution in [3.05, 3.63) is 40.9 Å². The fourth-order valence-electron chi connectivity index (χ4n) is 1.94. The summed E-state index contributed by atoms with van der Waals surface area (Å²) in [6, 6.07) is 10.5. The zero-order valence-corrected chi connectivity index (χ0v) is 9.00. The van der Waals surface area contributed by atoms with Crippen molar-refractivity contribution in [1.29, 1.82) is 0 Å². The molecule has 0 radical (unpaired) electrons. The number of aromatic nitrogens is 2. The van der Waals surface area contributed by atoms with Gasteiger partial charge in [0, 0.05) is 5.41 Å². The average molecular weight is 217 g/mol. The van der Waals surface area contributed by atoms with E-state index in [-0.39, 0.29) is 5.41 Å². The first-order chi connectivity index (χ1) is 7.31. The standard InChI is InChI=1S/C11H11N3S/c12-10-13-9(15-14-10)11(6-7-11)8-4-2-1-3-5-8/h1-5H,6-7H2,(H2,12,14). The van der Waals surface area contributed by atoms with E-state index in [0.29, 0.717) is 5.95 Å². The molecule has 0 bridgehead atoms. The van der Waals surface area contributed by atoms with E-state index in [4.69, 9.17) is 5.73 Å². The van der Waals surface area contributed by atoms with E-state index in [2.05, 4.69) is 33.6 Å². The second-order valence-corrected chi connectivity index (χ2v) is 4.66. The zero-order valence-electron chi connectivity index (χ0n) is 8.18. The number of nitrogen functional groups attached to an aromatic ring is 1. The molecule has 15 heavy (non-hydrogen) atoms. The van der Waals surface area contributed by atoms with Crippen molar-refractivity contribution in [2.24, 2.45) is 0 Å². The Hall–Kier alpha value is -1.42. The number of nitrogens with two attached hydrogens (primary N) is 1. The largest absolute Gasteiger partial charge is 0.367 e. The summed E-state index contributed by atoms with van der Waals surface area (Å²) < 4.78 is 4.06. The molecule has 0 aliphatic heterocycles. The van der Waals surface area contributed by atoms with Crippen molar-refractivity contribution in [3.63, 3.8) is 0 Å². The Bertz CT molecular complexity index is 474. The van der Waals surface area contributed by atoms with Crippen molar-refractivity contribution < 1.29 is 0 Å². The summed E-state index contributed by atoms with van der Waals surface area (Å²) in [5.41, 5.74) is 7.03. The van der Waals surface area contributed by atoms with Gasteiger partial charge in [-0.15, -0.1) is 0 Å². The second-order valence-electron chi connectivity index (χ2n) is 3.91. The predicted octanol–water partition coefficient (Wildman–Crippen LogP) is 2.20. The maximum absolute atomic E-state index is 5.57. The van der Waals surface area contributed by atoms with Gasteiger partial charge in [-0.1, -0.05) is 30.3 Å². The van der Waals surface area contributed by atoms with Crippen LogP contribution in [0.3, 0.4) is 0 Å². The molecule has 4 heteroatoms. The summed E-state index contributed by atoms with van der Waals surface area (Å²) in [6.45, 7) is 0. The highest BCUT2D eigenvalue weighted by molar-refractivity contribution is 7.05. The topological polar surface area (TPSA) is 51.8 Å². The summed E-state index contributed by atoms with van der Waals surface area (Å²) >= 11 is 1.43. The van der Waals surface area contributed by atoms with E-state index in [0.717, 1.165) is 17.8 Å². The monoisotopic (exact) mass is 217 g/mol. The number of rotatable bonds is 2. The van der Waals surface area contributed by atoms with Crippen molar-refractivity contribution in [2.45, 2.75) is 18.3 Å². The van der Waals surface area contributed by atoms with Gasteiger partial charge in [0.15, 0.2) is 0 Å². The van der Waals surface area contributed by atoms with Crippen LogP contribution in [0.1, 0.15) is 23.4 Å². The van der Waals surface area contributed by atoms with E-state index in [1.807, 2.05) is 6.07 Å². The summed E-state index contributed by atoms with van der Waals surface area (Å²) in [5, 5.41) is 1.06. The van der Waals surface area contributed by atoms with E-state index in [9.17, 15) is 0 Å². The number of hydrogen-bond donors (Lipinski definition) is 1. The molecule has 3 rings (SSSR count). The van der Waals surface area contributed by atoms with E-state index >= 15 is 0 Å². The van der Waals surface area contributed by atoms with E-state index in [1.165, 1.54) is 17.1 Å². The lowest BCUT2D eigenvalue weighted by Gasteiger charge is -2.10. The van der Waals surface area contributed by atoms with Gasteiger partial charge in [0.25, 0.3) is 0 Å². The molecular weight excluding hydrogens is 206 g/mol. The fraction of sp³-hybridized carbons (Fsp3) is 0.273. The number of anilines is 1. The second kappa shape index (κ2) is 3.03.